The van der Waals surface area contributed by atoms with E-state index < -0.39 is 10.0 Å². The second-order valence-corrected chi connectivity index (χ2v) is 6.24. The minimum atomic E-state index is -3.74. The Hall–Kier alpha value is -2.45. The number of nitrogens with one attached hydrogen (secondary N) is 1. The molecule has 0 radical (unpaired) electrons. The highest BCUT2D eigenvalue weighted by Crippen LogP contribution is 2.13. The number of benzene rings is 1. The van der Waals surface area contributed by atoms with Gasteiger partial charge in [0.05, 0.1) is 17.1 Å². The number of nitrogens with two attached hydrogens (primary N) is 1. The van der Waals surface area contributed by atoms with Gasteiger partial charge in [-0.3, -0.25) is 4.98 Å². The first kappa shape index (κ1) is 15.9. The van der Waals surface area contributed by atoms with Gasteiger partial charge in [-0.2, -0.15) is 0 Å². The summed E-state index contributed by atoms with van der Waals surface area (Å²) >= 11 is 0. The van der Waals surface area contributed by atoms with E-state index in [1.165, 1.54) is 29.2 Å². The van der Waals surface area contributed by atoms with Crippen molar-refractivity contribution < 1.29 is 13.2 Å². The van der Waals surface area contributed by atoms with Gasteiger partial charge in [-0.1, -0.05) is 6.07 Å². The lowest BCUT2D eigenvalue weighted by molar-refractivity contribution is 0.220. The third-order valence-electron chi connectivity index (χ3n) is 2.91. The zero-order chi connectivity index (χ0) is 16.2. The third kappa shape index (κ3) is 4.27. The molecule has 22 heavy (non-hydrogen) atoms. The lowest BCUT2D eigenvalue weighted by Crippen LogP contribution is -2.31. The fourth-order valence-corrected chi connectivity index (χ4v) is 2.27. The minimum Gasteiger partial charge on any atom is -0.322 e. The van der Waals surface area contributed by atoms with Gasteiger partial charge in [0, 0.05) is 18.9 Å². The van der Waals surface area contributed by atoms with E-state index in [0.29, 0.717) is 12.2 Å². The molecule has 3 N–H and O–H groups in total. The summed E-state index contributed by atoms with van der Waals surface area (Å²) in [6, 6.07) is 10.8. The molecule has 0 saturated carbocycles. The van der Waals surface area contributed by atoms with Crippen LogP contribution < -0.4 is 10.5 Å². The topological polar surface area (TPSA) is 105 Å². The molecule has 0 atom stereocenters. The Labute approximate surface area is 128 Å². The van der Waals surface area contributed by atoms with Crippen molar-refractivity contribution >= 4 is 21.7 Å². The van der Waals surface area contributed by atoms with Crippen LogP contribution in [0.3, 0.4) is 0 Å². The van der Waals surface area contributed by atoms with Crippen molar-refractivity contribution in [3.63, 3.8) is 0 Å². The molecule has 0 aliphatic rings. The van der Waals surface area contributed by atoms with Gasteiger partial charge in [-0.05, 0) is 36.4 Å². The van der Waals surface area contributed by atoms with Crippen molar-refractivity contribution in [1.82, 2.24) is 9.88 Å². The molecule has 1 heterocycles. The molecule has 116 valence electrons. The van der Waals surface area contributed by atoms with Gasteiger partial charge >= 0.3 is 6.03 Å². The Morgan fingerprint density at radius 3 is 2.45 bits per heavy atom. The van der Waals surface area contributed by atoms with Crippen LogP contribution >= 0.6 is 0 Å². The van der Waals surface area contributed by atoms with Crippen molar-refractivity contribution in [3.05, 3.63) is 54.4 Å². The number of amides is 2. The van der Waals surface area contributed by atoms with Crippen LogP contribution in [0.2, 0.25) is 0 Å². The van der Waals surface area contributed by atoms with Crippen LogP contribution in [0, 0.1) is 0 Å². The monoisotopic (exact) mass is 320 g/mol. The first-order valence-corrected chi connectivity index (χ1v) is 7.96. The van der Waals surface area contributed by atoms with Gasteiger partial charge in [-0.25, -0.2) is 18.4 Å². The Kier molecular flexibility index (Phi) is 4.74. The number of nitrogens with zero attached hydrogens (tertiary/aromatic N) is 2. The van der Waals surface area contributed by atoms with Crippen molar-refractivity contribution in [2.75, 3.05) is 12.4 Å². The molecule has 0 aliphatic carbocycles. The number of carbonyl (C=O) groups excluding carboxylic acids is 1. The molecule has 1 aromatic heterocycles. The maximum atomic E-state index is 12.0. The number of hydrogen-bond acceptors (Lipinski definition) is 4. The highest BCUT2D eigenvalue weighted by Gasteiger charge is 2.11. The molecule has 1 aromatic carbocycles. The van der Waals surface area contributed by atoms with E-state index in [0.717, 1.165) is 5.69 Å². The van der Waals surface area contributed by atoms with Crippen molar-refractivity contribution in [3.8, 4) is 0 Å². The first-order valence-electron chi connectivity index (χ1n) is 6.41. The summed E-state index contributed by atoms with van der Waals surface area (Å²) in [4.78, 5) is 17.6. The van der Waals surface area contributed by atoms with Crippen molar-refractivity contribution in [2.24, 2.45) is 5.14 Å². The van der Waals surface area contributed by atoms with Crippen molar-refractivity contribution in [2.45, 2.75) is 11.4 Å². The van der Waals surface area contributed by atoms with Gasteiger partial charge in [0.25, 0.3) is 0 Å². The van der Waals surface area contributed by atoms with Crippen LogP contribution in [0.25, 0.3) is 0 Å². The van der Waals surface area contributed by atoms with E-state index in [2.05, 4.69) is 10.3 Å². The Morgan fingerprint density at radius 1 is 1.23 bits per heavy atom. The number of hydrogen-bond donors (Lipinski definition) is 2. The SMILES string of the molecule is CN(Cc1ccccn1)C(=O)Nc1ccc(S(N)(=O)=O)cc1. The second kappa shape index (κ2) is 6.54. The van der Waals surface area contributed by atoms with E-state index in [4.69, 9.17) is 5.14 Å². The molecule has 7 nitrogen and oxygen atoms in total. The van der Waals surface area contributed by atoms with Gasteiger partial charge in [0.15, 0.2) is 0 Å². The average molecular weight is 320 g/mol. The lowest BCUT2D eigenvalue weighted by Gasteiger charge is -2.17. The second-order valence-electron chi connectivity index (χ2n) is 4.68. The van der Waals surface area contributed by atoms with Crippen molar-refractivity contribution in [1.29, 1.82) is 0 Å². The van der Waals surface area contributed by atoms with E-state index in [-0.39, 0.29) is 10.9 Å². The maximum absolute atomic E-state index is 12.0. The fourth-order valence-electron chi connectivity index (χ4n) is 1.75. The van der Waals surface area contributed by atoms with E-state index in [1.807, 2.05) is 12.1 Å². The lowest BCUT2D eigenvalue weighted by atomic mass is 10.3. The Balaban J connectivity index is 1.99. The molecule has 0 unspecified atom stereocenters. The fraction of sp³-hybridized carbons (Fsp3) is 0.143. The zero-order valence-electron chi connectivity index (χ0n) is 11.9. The summed E-state index contributed by atoms with van der Waals surface area (Å²) in [7, 11) is -2.09. The van der Waals surface area contributed by atoms with Gasteiger partial charge < -0.3 is 10.2 Å². The van der Waals surface area contributed by atoms with E-state index in [9.17, 15) is 13.2 Å². The molecule has 0 fully saturated rings. The molecule has 0 aliphatic heterocycles. The number of rotatable bonds is 4. The minimum absolute atomic E-state index is 0.00709. The first-order chi connectivity index (χ1) is 10.4. The van der Waals surface area contributed by atoms with Crippen LogP contribution in [-0.4, -0.2) is 31.4 Å². The number of sulfonamides is 1. The standard InChI is InChI=1S/C14H16N4O3S/c1-18(10-12-4-2-3-9-16-12)14(19)17-11-5-7-13(8-6-11)22(15,20)21/h2-9H,10H2,1H3,(H,17,19)(H2,15,20,21). The molecule has 2 rings (SSSR count). The molecule has 0 bridgehead atoms. The summed E-state index contributed by atoms with van der Waals surface area (Å²) in [5.41, 5.74) is 1.25. The molecule has 0 saturated heterocycles. The molecular formula is C14H16N4O3S. The smallest absolute Gasteiger partial charge is 0.321 e. The maximum Gasteiger partial charge on any atom is 0.321 e. The number of urea groups is 1. The zero-order valence-corrected chi connectivity index (χ0v) is 12.7. The predicted octanol–water partition coefficient (Wildman–Crippen LogP) is 1.39. The molecule has 2 aromatic rings. The summed E-state index contributed by atoms with van der Waals surface area (Å²) in [6.07, 6.45) is 1.66. The van der Waals surface area contributed by atoms with Gasteiger partial charge in [0.2, 0.25) is 10.0 Å². The number of carbonyl (C=O) groups is 1. The molecule has 2 amide bonds. The largest absolute Gasteiger partial charge is 0.322 e. The third-order valence-corrected chi connectivity index (χ3v) is 3.84. The van der Waals surface area contributed by atoms with E-state index in [1.54, 1.807) is 19.3 Å². The Morgan fingerprint density at radius 2 is 1.91 bits per heavy atom. The van der Waals surface area contributed by atoms with Crippen LogP contribution in [0.15, 0.2) is 53.6 Å². The normalized spacial score (nSPS) is 11.0. The van der Waals surface area contributed by atoms with Crippen LogP contribution in [-0.2, 0) is 16.6 Å². The highest BCUT2D eigenvalue weighted by atomic mass is 32.2. The van der Waals surface area contributed by atoms with Crippen LogP contribution in [0.4, 0.5) is 10.5 Å². The van der Waals surface area contributed by atoms with Gasteiger partial charge in [0.1, 0.15) is 0 Å². The van der Waals surface area contributed by atoms with E-state index >= 15 is 0 Å². The molecule has 0 spiro atoms. The summed E-state index contributed by atoms with van der Waals surface area (Å²) in [5.74, 6) is 0. The van der Waals surface area contributed by atoms with Crippen LogP contribution in [0.5, 0.6) is 0 Å². The predicted molar refractivity (Wildman–Crippen MR) is 82.5 cm³/mol. The molecule has 8 heteroatoms. The molecular weight excluding hydrogens is 304 g/mol. The number of anilines is 1. The van der Waals surface area contributed by atoms with Gasteiger partial charge in [-0.15, -0.1) is 0 Å². The summed E-state index contributed by atoms with van der Waals surface area (Å²) in [6.45, 7) is 0.363. The Bertz CT molecular complexity index is 745. The number of aromatic nitrogens is 1. The number of primary sulfonamides is 1. The average Bonchev–Trinajstić information content (AvgIpc) is 2.48. The summed E-state index contributed by atoms with van der Waals surface area (Å²) in [5, 5.41) is 7.68. The summed E-state index contributed by atoms with van der Waals surface area (Å²) < 4.78 is 22.3. The van der Waals surface area contributed by atoms with Crippen LogP contribution in [0.1, 0.15) is 5.69 Å². The quantitative estimate of drug-likeness (QED) is 0.888. The number of pyridine rings is 1. The highest BCUT2D eigenvalue weighted by molar-refractivity contribution is 7.89.